The molecular formula is C14H34N2O3Si. The van der Waals surface area contributed by atoms with Crippen LogP contribution in [0.15, 0.2) is 0 Å². The van der Waals surface area contributed by atoms with E-state index in [2.05, 4.69) is 20.8 Å². The summed E-state index contributed by atoms with van der Waals surface area (Å²) in [5.41, 5.74) is 11.3. The van der Waals surface area contributed by atoms with Crippen LogP contribution in [0.5, 0.6) is 0 Å². The molecule has 0 amide bonds. The molecule has 1 unspecified atom stereocenters. The third-order valence-corrected chi connectivity index (χ3v) is 5.98. The Labute approximate surface area is 125 Å². The van der Waals surface area contributed by atoms with E-state index in [-0.39, 0.29) is 6.10 Å². The lowest BCUT2D eigenvalue weighted by molar-refractivity contribution is 0.0228. The lowest BCUT2D eigenvalue weighted by Gasteiger charge is -2.33. The van der Waals surface area contributed by atoms with E-state index in [1.807, 2.05) is 0 Å². The van der Waals surface area contributed by atoms with Crippen LogP contribution in [-0.2, 0) is 13.3 Å². The molecule has 0 aliphatic rings. The minimum Gasteiger partial charge on any atom is -0.373 e. The van der Waals surface area contributed by atoms with Gasteiger partial charge in [0, 0.05) is 19.3 Å². The molecule has 0 heterocycles. The first kappa shape index (κ1) is 20.0. The average Bonchev–Trinajstić information content (AvgIpc) is 2.48. The monoisotopic (exact) mass is 306 g/mol. The standard InChI is InChI=1S/C14H34N2O3Si/c1-4-11-17-20(13-7-9-15,18-12-5-2)19-14(6-3)8-10-16/h14H,4-13,15-16H2,1-3H3. The van der Waals surface area contributed by atoms with Gasteiger partial charge in [-0.2, -0.15) is 0 Å². The molecule has 0 aliphatic carbocycles. The Kier molecular flexibility index (Phi) is 12.7. The number of nitrogens with two attached hydrogens (primary N) is 2. The fraction of sp³-hybridized carbons (Fsp3) is 1.00. The molecule has 0 aromatic carbocycles. The van der Waals surface area contributed by atoms with E-state index in [9.17, 15) is 0 Å². The highest BCUT2D eigenvalue weighted by Gasteiger charge is 2.42. The zero-order valence-electron chi connectivity index (χ0n) is 13.5. The highest BCUT2D eigenvalue weighted by molar-refractivity contribution is 6.60. The molecule has 0 saturated heterocycles. The first-order valence-corrected chi connectivity index (χ1v) is 9.97. The summed E-state index contributed by atoms with van der Waals surface area (Å²) < 4.78 is 18.4. The summed E-state index contributed by atoms with van der Waals surface area (Å²) in [4.78, 5) is 0. The molecule has 0 aromatic heterocycles. The second-order valence-electron chi connectivity index (χ2n) is 5.00. The van der Waals surface area contributed by atoms with E-state index in [4.69, 9.17) is 24.7 Å². The average molecular weight is 307 g/mol. The summed E-state index contributed by atoms with van der Waals surface area (Å²) in [6.07, 6.45) is 4.70. The molecule has 0 spiro atoms. The van der Waals surface area contributed by atoms with Gasteiger partial charge in [-0.3, -0.25) is 0 Å². The first-order chi connectivity index (χ1) is 9.67. The summed E-state index contributed by atoms with van der Waals surface area (Å²) in [5, 5.41) is 0. The van der Waals surface area contributed by atoms with Crippen molar-refractivity contribution < 1.29 is 13.3 Å². The van der Waals surface area contributed by atoms with Crippen LogP contribution in [-0.4, -0.2) is 41.2 Å². The summed E-state index contributed by atoms with van der Waals surface area (Å²) in [7, 11) is -2.62. The van der Waals surface area contributed by atoms with E-state index in [0.29, 0.717) is 26.3 Å². The molecular weight excluding hydrogens is 272 g/mol. The maximum absolute atomic E-state index is 6.29. The van der Waals surface area contributed by atoms with Crippen molar-refractivity contribution in [1.29, 1.82) is 0 Å². The van der Waals surface area contributed by atoms with Crippen molar-refractivity contribution in [3.63, 3.8) is 0 Å². The van der Waals surface area contributed by atoms with Crippen molar-refractivity contribution in [2.45, 2.75) is 65.0 Å². The van der Waals surface area contributed by atoms with Crippen molar-refractivity contribution in [3.05, 3.63) is 0 Å². The minimum atomic E-state index is -2.62. The number of hydrogen-bond donors (Lipinski definition) is 2. The van der Waals surface area contributed by atoms with Crippen LogP contribution in [0.1, 0.15) is 52.9 Å². The molecule has 0 saturated carbocycles. The van der Waals surface area contributed by atoms with Gasteiger partial charge in [-0.25, -0.2) is 0 Å². The maximum atomic E-state index is 6.29. The molecule has 0 rings (SSSR count). The van der Waals surface area contributed by atoms with Crippen molar-refractivity contribution in [3.8, 4) is 0 Å². The van der Waals surface area contributed by atoms with Crippen LogP contribution < -0.4 is 11.5 Å². The van der Waals surface area contributed by atoms with E-state index in [1.165, 1.54) is 0 Å². The maximum Gasteiger partial charge on any atom is 0.501 e. The SMILES string of the molecule is CCCO[Si](CCCN)(OCCC)OC(CC)CCN. The molecule has 0 fully saturated rings. The molecule has 0 bridgehead atoms. The van der Waals surface area contributed by atoms with Crippen molar-refractivity contribution in [2.24, 2.45) is 11.5 Å². The van der Waals surface area contributed by atoms with Gasteiger partial charge in [0.1, 0.15) is 0 Å². The van der Waals surface area contributed by atoms with Crippen LogP contribution in [0.25, 0.3) is 0 Å². The van der Waals surface area contributed by atoms with Gasteiger partial charge in [-0.05, 0) is 45.2 Å². The van der Waals surface area contributed by atoms with Gasteiger partial charge < -0.3 is 24.7 Å². The van der Waals surface area contributed by atoms with Crippen LogP contribution in [0, 0.1) is 0 Å². The van der Waals surface area contributed by atoms with Crippen LogP contribution in [0.4, 0.5) is 0 Å². The molecule has 1 atom stereocenters. The summed E-state index contributed by atoms with van der Waals surface area (Å²) >= 11 is 0. The van der Waals surface area contributed by atoms with Crippen molar-refractivity contribution in [2.75, 3.05) is 26.3 Å². The Morgan fingerprint density at radius 3 is 1.95 bits per heavy atom. The fourth-order valence-corrected chi connectivity index (χ4v) is 5.02. The summed E-state index contributed by atoms with van der Waals surface area (Å²) in [5.74, 6) is 0. The Balaban J connectivity index is 4.80. The van der Waals surface area contributed by atoms with E-state index < -0.39 is 8.80 Å². The highest BCUT2D eigenvalue weighted by atomic mass is 28.4. The van der Waals surface area contributed by atoms with Gasteiger partial charge in [0.2, 0.25) is 0 Å². The van der Waals surface area contributed by atoms with Gasteiger partial charge in [0.15, 0.2) is 0 Å². The second kappa shape index (κ2) is 12.7. The van der Waals surface area contributed by atoms with E-state index in [1.54, 1.807) is 0 Å². The van der Waals surface area contributed by atoms with Gasteiger partial charge in [-0.1, -0.05) is 20.8 Å². The van der Waals surface area contributed by atoms with Gasteiger partial charge in [-0.15, -0.1) is 0 Å². The molecule has 0 aromatic rings. The zero-order valence-corrected chi connectivity index (χ0v) is 14.5. The summed E-state index contributed by atoms with van der Waals surface area (Å²) in [6.45, 7) is 8.93. The predicted molar refractivity (Wildman–Crippen MR) is 85.6 cm³/mol. The lowest BCUT2D eigenvalue weighted by Crippen LogP contribution is -2.49. The smallest absolute Gasteiger partial charge is 0.373 e. The second-order valence-corrected chi connectivity index (χ2v) is 7.68. The summed E-state index contributed by atoms with van der Waals surface area (Å²) in [6, 6.07) is 0.796. The topological polar surface area (TPSA) is 79.7 Å². The van der Waals surface area contributed by atoms with Gasteiger partial charge in [0.05, 0.1) is 6.10 Å². The Hall–Kier alpha value is 0.0169. The molecule has 5 nitrogen and oxygen atoms in total. The molecule has 0 radical (unpaired) electrons. The molecule has 122 valence electrons. The number of hydrogen-bond acceptors (Lipinski definition) is 5. The minimum absolute atomic E-state index is 0.123. The van der Waals surface area contributed by atoms with Crippen molar-refractivity contribution in [1.82, 2.24) is 0 Å². The van der Waals surface area contributed by atoms with Crippen molar-refractivity contribution >= 4 is 8.80 Å². The lowest BCUT2D eigenvalue weighted by atomic mass is 10.2. The van der Waals surface area contributed by atoms with Crippen LogP contribution in [0.3, 0.4) is 0 Å². The molecule has 0 aliphatic heterocycles. The zero-order chi connectivity index (χ0) is 15.3. The van der Waals surface area contributed by atoms with Gasteiger partial charge >= 0.3 is 8.80 Å². The highest BCUT2D eigenvalue weighted by Crippen LogP contribution is 2.22. The largest absolute Gasteiger partial charge is 0.501 e. The Bertz CT molecular complexity index is 199. The third kappa shape index (κ3) is 8.34. The molecule has 4 N–H and O–H groups in total. The Morgan fingerprint density at radius 2 is 1.55 bits per heavy atom. The normalized spacial score (nSPS) is 13.7. The third-order valence-electron chi connectivity index (χ3n) is 3.03. The quantitative estimate of drug-likeness (QED) is 0.481. The number of rotatable bonds is 14. The van der Waals surface area contributed by atoms with Crippen LogP contribution >= 0.6 is 0 Å². The molecule has 20 heavy (non-hydrogen) atoms. The van der Waals surface area contributed by atoms with Crippen LogP contribution in [0.2, 0.25) is 6.04 Å². The molecule has 6 heteroatoms. The first-order valence-electron chi connectivity index (χ1n) is 8.03. The van der Waals surface area contributed by atoms with Gasteiger partial charge in [0.25, 0.3) is 0 Å². The van der Waals surface area contributed by atoms with E-state index in [0.717, 1.165) is 38.1 Å². The predicted octanol–water partition coefficient (Wildman–Crippen LogP) is 2.27. The Morgan fingerprint density at radius 1 is 0.950 bits per heavy atom. The fourth-order valence-electron chi connectivity index (χ4n) is 1.93. The van der Waals surface area contributed by atoms with E-state index >= 15 is 0 Å².